The predicted molar refractivity (Wildman–Crippen MR) is 128 cm³/mol. The molecule has 0 radical (unpaired) electrons. The molecule has 0 atom stereocenters. The summed E-state index contributed by atoms with van der Waals surface area (Å²) in [5, 5.41) is 3.00. The summed E-state index contributed by atoms with van der Waals surface area (Å²) >= 11 is 0. The van der Waals surface area contributed by atoms with Gasteiger partial charge in [0.25, 0.3) is 23.6 Å². The Balaban J connectivity index is 1.37. The fourth-order valence-corrected chi connectivity index (χ4v) is 4.52. The number of imide groups is 1. The minimum atomic E-state index is -0.378. The van der Waals surface area contributed by atoms with Crippen LogP contribution in [0.15, 0.2) is 36.4 Å². The summed E-state index contributed by atoms with van der Waals surface area (Å²) in [5.41, 5.74) is 1.42. The Morgan fingerprint density at radius 1 is 0.886 bits per heavy atom. The molecule has 0 bridgehead atoms. The average Bonchev–Trinajstić information content (AvgIpc) is 3.12. The number of carbonyl (C=O) groups excluding carboxylic acids is 4. The van der Waals surface area contributed by atoms with Crippen molar-refractivity contribution < 1.29 is 28.7 Å². The number of benzene rings is 2. The van der Waals surface area contributed by atoms with Gasteiger partial charge in [0, 0.05) is 36.3 Å². The van der Waals surface area contributed by atoms with Gasteiger partial charge in [0.1, 0.15) is 0 Å². The number of carbonyl (C=O) groups is 4. The third-order valence-electron chi connectivity index (χ3n) is 6.44. The minimum absolute atomic E-state index is 0.102. The molecule has 4 rings (SSSR count). The van der Waals surface area contributed by atoms with E-state index in [0.717, 1.165) is 0 Å². The van der Waals surface area contributed by atoms with E-state index in [1.54, 1.807) is 50.1 Å². The molecule has 9 heteroatoms. The fourth-order valence-electron chi connectivity index (χ4n) is 4.52. The van der Waals surface area contributed by atoms with E-state index < -0.39 is 0 Å². The average molecular weight is 480 g/mol. The maximum atomic E-state index is 12.9. The van der Waals surface area contributed by atoms with Gasteiger partial charge in [0.2, 0.25) is 0 Å². The summed E-state index contributed by atoms with van der Waals surface area (Å²) < 4.78 is 10.5. The lowest BCUT2D eigenvalue weighted by Gasteiger charge is -2.32. The molecule has 1 fully saturated rings. The lowest BCUT2D eigenvalue weighted by Crippen LogP contribution is -2.46. The van der Waals surface area contributed by atoms with Crippen LogP contribution in [0.2, 0.25) is 0 Å². The number of hydrogen-bond donors (Lipinski definition) is 1. The Hall–Kier alpha value is -3.88. The van der Waals surface area contributed by atoms with Gasteiger partial charge in [-0.1, -0.05) is 0 Å². The van der Waals surface area contributed by atoms with E-state index in [2.05, 4.69) is 5.32 Å². The Labute approximate surface area is 204 Å². The van der Waals surface area contributed by atoms with Gasteiger partial charge >= 0.3 is 0 Å². The van der Waals surface area contributed by atoms with E-state index in [0.29, 0.717) is 54.1 Å². The number of piperidine rings is 1. The number of methoxy groups -OCH3 is 2. The topological polar surface area (TPSA) is 105 Å². The molecule has 4 amide bonds. The van der Waals surface area contributed by atoms with Gasteiger partial charge in [0.15, 0.2) is 11.5 Å². The molecule has 9 nitrogen and oxygen atoms in total. The highest BCUT2D eigenvalue weighted by atomic mass is 16.5. The van der Waals surface area contributed by atoms with Crippen LogP contribution in [0, 0.1) is 0 Å². The first kappa shape index (κ1) is 24.3. The molecule has 0 spiro atoms. The van der Waals surface area contributed by atoms with Crippen molar-refractivity contribution >= 4 is 23.6 Å². The first-order valence-corrected chi connectivity index (χ1v) is 11.6. The third kappa shape index (κ3) is 4.58. The van der Waals surface area contributed by atoms with Crippen molar-refractivity contribution in [3.8, 4) is 11.5 Å². The minimum Gasteiger partial charge on any atom is -0.493 e. The van der Waals surface area contributed by atoms with E-state index in [9.17, 15) is 19.2 Å². The zero-order valence-electron chi connectivity index (χ0n) is 20.3. The van der Waals surface area contributed by atoms with Crippen molar-refractivity contribution in [2.24, 2.45) is 0 Å². The summed E-state index contributed by atoms with van der Waals surface area (Å²) in [6, 6.07) is 9.31. The van der Waals surface area contributed by atoms with Gasteiger partial charge < -0.3 is 19.7 Å². The molecule has 35 heavy (non-hydrogen) atoms. The number of amides is 4. The highest BCUT2D eigenvalue weighted by Crippen LogP contribution is 2.29. The van der Waals surface area contributed by atoms with Crippen molar-refractivity contribution in [2.45, 2.75) is 38.8 Å². The van der Waals surface area contributed by atoms with Crippen molar-refractivity contribution in [1.82, 2.24) is 15.1 Å². The molecule has 2 aromatic carbocycles. The molecule has 1 saturated heterocycles. The molecule has 0 aromatic heterocycles. The van der Waals surface area contributed by atoms with E-state index in [4.69, 9.17) is 9.47 Å². The monoisotopic (exact) mass is 479 g/mol. The van der Waals surface area contributed by atoms with E-state index in [1.165, 1.54) is 24.1 Å². The Morgan fingerprint density at radius 3 is 2.14 bits per heavy atom. The molecule has 184 valence electrons. The van der Waals surface area contributed by atoms with Crippen LogP contribution in [0.25, 0.3) is 0 Å². The van der Waals surface area contributed by atoms with Crippen LogP contribution in [-0.2, 0) is 0 Å². The van der Waals surface area contributed by atoms with E-state index in [1.807, 2.05) is 0 Å². The van der Waals surface area contributed by atoms with Crippen LogP contribution in [0.3, 0.4) is 0 Å². The molecule has 2 aliphatic heterocycles. The van der Waals surface area contributed by atoms with Gasteiger partial charge in [-0.3, -0.25) is 24.1 Å². The highest BCUT2D eigenvalue weighted by molar-refractivity contribution is 6.22. The standard InChI is InChI=1S/C26H29N3O6/c1-15(2)29-25(32)19-7-5-16(13-20(19)26(29)33)23(30)27-18-9-11-28(12-10-18)24(31)17-6-8-21(34-3)22(14-17)35-4/h5-8,13-15,18H,9-12H2,1-4H3,(H,27,30). The van der Waals surface area contributed by atoms with Crippen molar-refractivity contribution in [3.05, 3.63) is 58.7 Å². The SMILES string of the molecule is COc1ccc(C(=O)N2CCC(NC(=O)c3ccc4c(c3)C(=O)N(C(C)C)C4=O)CC2)cc1OC. The van der Waals surface area contributed by atoms with Crippen LogP contribution in [0.1, 0.15) is 68.1 Å². The predicted octanol–water partition coefficient (Wildman–Crippen LogP) is 2.74. The number of hydrogen-bond acceptors (Lipinski definition) is 6. The van der Waals surface area contributed by atoms with E-state index in [-0.39, 0.29) is 41.3 Å². The largest absolute Gasteiger partial charge is 0.493 e. The number of nitrogens with one attached hydrogen (secondary N) is 1. The zero-order valence-corrected chi connectivity index (χ0v) is 20.3. The molecule has 0 aliphatic carbocycles. The zero-order chi connectivity index (χ0) is 25.3. The Bertz CT molecular complexity index is 1180. The van der Waals surface area contributed by atoms with Gasteiger partial charge in [-0.2, -0.15) is 0 Å². The summed E-state index contributed by atoms with van der Waals surface area (Å²) in [7, 11) is 3.06. The van der Waals surface area contributed by atoms with E-state index >= 15 is 0 Å². The van der Waals surface area contributed by atoms with Crippen LogP contribution in [-0.4, -0.2) is 72.8 Å². The normalized spacial score (nSPS) is 15.9. The van der Waals surface area contributed by atoms with Gasteiger partial charge in [-0.05, 0) is 63.1 Å². The first-order valence-electron chi connectivity index (χ1n) is 11.6. The maximum absolute atomic E-state index is 12.9. The lowest BCUT2D eigenvalue weighted by atomic mass is 10.0. The van der Waals surface area contributed by atoms with Crippen molar-refractivity contribution in [3.63, 3.8) is 0 Å². The quantitative estimate of drug-likeness (QED) is 0.639. The molecular weight excluding hydrogens is 450 g/mol. The van der Waals surface area contributed by atoms with Crippen LogP contribution < -0.4 is 14.8 Å². The highest BCUT2D eigenvalue weighted by Gasteiger charge is 2.37. The molecular formula is C26H29N3O6. The van der Waals surface area contributed by atoms with Gasteiger partial charge in [-0.25, -0.2) is 0 Å². The second-order valence-electron chi connectivity index (χ2n) is 8.94. The third-order valence-corrected chi connectivity index (χ3v) is 6.44. The molecule has 2 aliphatic rings. The summed E-state index contributed by atoms with van der Waals surface area (Å²) in [6.45, 7) is 4.55. The number of ether oxygens (including phenoxy) is 2. The van der Waals surface area contributed by atoms with Crippen molar-refractivity contribution in [2.75, 3.05) is 27.3 Å². The number of nitrogens with zero attached hydrogens (tertiary/aromatic N) is 2. The maximum Gasteiger partial charge on any atom is 0.261 e. The lowest BCUT2D eigenvalue weighted by molar-refractivity contribution is 0.0607. The van der Waals surface area contributed by atoms with Gasteiger partial charge in [-0.15, -0.1) is 0 Å². The van der Waals surface area contributed by atoms with Crippen molar-refractivity contribution in [1.29, 1.82) is 0 Å². The number of rotatable bonds is 6. The molecule has 1 N–H and O–H groups in total. The fraction of sp³-hybridized carbons (Fsp3) is 0.385. The molecule has 2 aromatic rings. The first-order chi connectivity index (χ1) is 16.7. The molecule has 0 unspecified atom stereocenters. The summed E-state index contributed by atoms with van der Waals surface area (Å²) in [4.78, 5) is 53.8. The molecule has 2 heterocycles. The number of likely N-dealkylation sites (tertiary alicyclic amines) is 1. The molecule has 0 saturated carbocycles. The second kappa shape index (κ2) is 9.77. The summed E-state index contributed by atoms with van der Waals surface area (Å²) in [6.07, 6.45) is 1.21. The smallest absolute Gasteiger partial charge is 0.261 e. The van der Waals surface area contributed by atoms with Crippen LogP contribution >= 0.6 is 0 Å². The van der Waals surface area contributed by atoms with Crippen LogP contribution in [0.5, 0.6) is 11.5 Å². The Kier molecular flexibility index (Phi) is 6.77. The Morgan fingerprint density at radius 2 is 1.51 bits per heavy atom. The number of fused-ring (bicyclic) bond motifs is 1. The van der Waals surface area contributed by atoms with Crippen LogP contribution in [0.4, 0.5) is 0 Å². The summed E-state index contributed by atoms with van der Waals surface area (Å²) in [5.74, 6) is -0.0744. The second-order valence-corrected chi connectivity index (χ2v) is 8.94. The van der Waals surface area contributed by atoms with Gasteiger partial charge in [0.05, 0.1) is 25.3 Å².